The molecule has 0 nitrogen and oxygen atoms in total. The van der Waals surface area contributed by atoms with Gasteiger partial charge in [-0.25, -0.2) is 0 Å². The average molecular weight is 274 g/mol. The summed E-state index contributed by atoms with van der Waals surface area (Å²) in [4.78, 5) is 3.52. The van der Waals surface area contributed by atoms with Crippen molar-refractivity contribution in [1.29, 1.82) is 0 Å². The van der Waals surface area contributed by atoms with Crippen LogP contribution in [0.5, 0.6) is 0 Å². The van der Waals surface area contributed by atoms with Gasteiger partial charge in [-0.15, -0.1) is 12.6 Å². The second-order valence-corrected chi connectivity index (χ2v) is 7.03. The molecule has 0 heterocycles. The molecule has 0 aliphatic heterocycles. The zero-order valence-electron chi connectivity index (χ0n) is 11.0. The van der Waals surface area contributed by atoms with Crippen molar-refractivity contribution >= 4 is 24.4 Å². The fourth-order valence-corrected chi connectivity index (χ4v) is 2.64. The Morgan fingerprint density at radius 1 is 0.778 bits per heavy atom. The summed E-state index contributed by atoms with van der Waals surface area (Å²) in [6, 6.07) is 17.1. The lowest BCUT2D eigenvalue weighted by molar-refractivity contribution is 0.590. The summed E-state index contributed by atoms with van der Waals surface area (Å²) in [5.74, 6) is 0. The molecule has 2 aromatic carbocycles. The van der Waals surface area contributed by atoms with Crippen LogP contribution in [0.1, 0.15) is 26.3 Å². The van der Waals surface area contributed by atoms with Gasteiger partial charge < -0.3 is 0 Å². The molecule has 0 fully saturated rings. The summed E-state index contributed by atoms with van der Waals surface area (Å²) < 4.78 is 0. The molecule has 0 aliphatic rings. The minimum absolute atomic E-state index is 0.219. The predicted molar refractivity (Wildman–Crippen MR) is 83.0 cm³/mol. The third kappa shape index (κ3) is 3.56. The van der Waals surface area contributed by atoms with E-state index < -0.39 is 0 Å². The van der Waals surface area contributed by atoms with Crippen LogP contribution in [0, 0.1) is 0 Å². The van der Waals surface area contributed by atoms with E-state index in [9.17, 15) is 0 Å². The molecule has 0 N–H and O–H groups in total. The average Bonchev–Trinajstić information content (AvgIpc) is 2.32. The fraction of sp³-hybridized carbons (Fsp3) is 0.250. The molecule has 0 atom stereocenters. The Bertz CT molecular complexity index is 504. The van der Waals surface area contributed by atoms with E-state index in [2.05, 4.69) is 69.8 Å². The number of benzene rings is 2. The summed E-state index contributed by atoms with van der Waals surface area (Å²) in [6.45, 7) is 6.71. The lowest BCUT2D eigenvalue weighted by atomic mass is 9.87. The number of rotatable bonds is 2. The van der Waals surface area contributed by atoms with Crippen LogP contribution in [0.3, 0.4) is 0 Å². The summed E-state index contributed by atoms with van der Waals surface area (Å²) in [5, 5.41) is 0. The highest BCUT2D eigenvalue weighted by Crippen LogP contribution is 2.30. The van der Waals surface area contributed by atoms with Gasteiger partial charge in [0.25, 0.3) is 0 Å². The molecule has 2 aromatic rings. The van der Waals surface area contributed by atoms with Gasteiger partial charge in [0.05, 0.1) is 0 Å². The van der Waals surface area contributed by atoms with Crippen molar-refractivity contribution in [2.24, 2.45) is 0 Å². The van der Waals surface area contributed by atoms with Gasteiger partial charge in [0.2, 0.25) is 0 Å². The van der Waals surface area contributed by atoms with E-state index in [-0.39, 0.29) is 5.41 Å². The van der Waals surface area contributed by atoms with Crippen molar-refractivity contribution in [3.8, 4) is 0 Å². The second kappa shape index (κ2) is 5.41. The molecule has 94 valence electrons. The van der Waals surface area contributed by atoms with Crippen LogP contribution >= 0.6 is 24.4 Å². The molecule has 0 bridgehead atoms. The zero-order valence-corrected chi connectivity index (χ0v) is 12.7. The van der Waals surface area contributed by atoms with Crippen molar-refractivity contribution < 1.29 is 0 Å². The summed E-state index contributed by atoms with van der Waals surface area (Å²) in [5.41, 5.74) is 1.59. The third-order valence-electron chi connectivity index (χ3n) is 2.79. The van der Waals surface area contributed by atoms with Crippen molar-refractivity contribution in [2.75, 3.05) is 0 Å². The van der Waals surface area contributed by atoms with Gasteiger partial charge >= 0.3 is 0 Å². The highest BCUT2D eigenvalue weighted by atomic mass is 32.2. The van der Waals surface area contributed by atoms with Gasteiger partial charge in [0, 0.05) is 14.7 Å². The number of thiol groups is 1. The fourth-order valence-electron chi connectivity index (χ4n) is 1.67. The molecule has 0 amide bonds. The molecule has 0 saturated carbocycles. The molecule has 0 aliphatic carbocycles. The van der Waals surface area contributed by atoms with Crippen LogP contribution in [0.25, 0.3) is 0 Å². The highest BCUT2D eigenvalue weighted by molar-refractivity contribution is 7.99. The molecule has 0 spiro atoms. The van der Waals surface area contributed by atoms with Gasteiger partial charge in [0.15, 0.2) is 0 Å². The third-order valence-corrected chi connectivity index (χ3v) is 4.11. The molecule has 0 unspecified atom stereocenters. The topological polar surface area (TPSA) is 0 Å². The van der Waals surface area contributed by atoms with Crippen molar-refractivity contribution in [2.45, 2.75) is 40.9 Å². The van der Waals surface area contributed by atoms with Crippen molar-refractivity contribution in [3.05, 3.63) is 54.1 Å². The SMILES string of the molecule is CC(C)(C)c1ccc(Sc2ccc(S)cc2)cc1. The van der Waals surface area contributed by atoms with Crippen LogP contribution in [-0.4, -0.2) is 0 Å². The minimum atomic E-state index is 0.219. The van der Waals surface area contributed by atoms with Crippen molar-refractivity contribution in [1.82, 2.24) is 0 Å². The van der Waals surface area contributed by atoms with Crippen LogP contribution in [0.4, 0.5) is 0 Å². The smallest absolute Gasteiger partial charge is 0.0123 e. The van der Waals surface area contributed by atoms with Crippen LogP contribution < -0.4 is 0 Å². The summed E-state index contributed by atoms with van der Waals surface area (Å²) >= 11 is 6.08. The summed E-state index contributed by atoms with van der Waals surface area (Å²) in [7, 11) is 0. The minimum Gasteiger partial charge on any atom is -0.143 e. The molecule has 0 radical (unpaired) electrons. The molecule has 0 saturated heterocycles. The maximum atomic E-state index is 4.29. The van der Waals surface area contributed by atoms with Gasteiger partial charge in [0.1, 0.15) is 0 Å². The largest absolute Gasteiger partial charge is 0.143 e. The van der Waals surface area contributed by atoms with E-state index in [0.29, 0.717) is 0 Å². The Kier molecular flexibility index (Phi) is 4.08. The normalized spacial score (nSPS) is 11.6. The Balaban J connectivity index is 2.13. The monoisotopic (exact) mass is 274 g/mol. The lowest BCUT2D eigenvalue weighted by Gasteiger charge is -2.19. The quantitative estimate of drug-likeness (QED) is 0.713. The summed E-state index contributed by atoms with van der Waals surface area (Å²) in [6.07, 6.45) is 0. The van der Waals surface area contributed by atoms with Gasteiger partial charge in [-0.3, -0.25) is 0 Å². The Labute approximate surface area is 119 Å². The van der Waals surface area contributed by atoms with Gasteiger partial charge in [-0.05, 0) is 47.4 Å². The van der Waals surface area contributed by atoms with E-state index in [1.165, 1.54) is 15.4 Å². The number of hydrogen-bond acceptors (Lipinski definition) is 2. The van der Waals surface area contributed by atoms with Crippen LogP contribution in [0.15, 0.2) is 63.2 Å². The predicted octanol–water partition coefficient (Wildman–Crippen LogP) is 5.42. The first-order valence-corrected chi connectivity index (χ1v) is 7.29. The van der Waals surface area contributed by atoms with E-state index in [1.807, 2.05) is 12.1 Å². The van der Waals surface area contributed by atoms with Crippen molar-refractivity contribution in [3.63, 3.8) is 0 Å². The maximum Gasteiger partial charge on any atom is 0.0123 e. The Morgan fingerprint density at radius 2 is 1.22 bits per heavy atom. The molecule has 2 heteroatoms. The standard InChI is InChI=1S/C16H18S2/c1-16(2,3)12-4-8-14(9-5-12)18-15-10-6-13(17)7-11-15/h4-11,17H,1-3H3. The highest BCUT2D eigenvalue weighted by Gasteiger charge is 2.12. The second-order valence-electron chi connectivity index (χ2n) is 5.37. The van der Waals surface area contributed by atoms with E-state index in [0.717, 1.165) is 4.90 Å². The molecule has 18 heavy (non-hydrogen) atoms. The van der Waals surface area contributed by atoms with Gasteiger partial charge in [-0.1, -0.05) is 44.7 Å². The van der Waals surface area contributed by atoms with E-state index in [1.54, 1.807) is 11.8 Å². The Hall–Kier alpha value is -0.860. The zero-order chi connectivity index (χ0) is 13.2. The first-order valence-electron chi connectivity index (χ1n) is 6.02. The van der Waals surface area contributed by atoms with Crippen LogP contribution in [-0.2, 0) is 5.41 Å². The van der Waals surface area contributed by atoms with Gasteiger partial charge in [-0.2, -0.15) is 0 Å². The Morgan fingerprint density at radius 3 is 1.67 bits per heavy atom. The molecule has 2 rings (SSSR count). The maximum absolute atomic E-state index is 4.29. The van der Waals surface area contributed by atoms with E-state index >= 15 is 0 Å². The van der Waals surface area contributed by atoms with E-state index in [4.69, 9.17) is 0 Å². The molecular weight excluding hydrogens is 256 g/mol. The van der Waals surface area contributed by atoms with Crippen LogP contribution in [0.2, 0.25) is 0 Å². The first-order chi connectivity index (χ1) is 8.45. The molecular formula is C16H18S2. The first kappa shape index (κ1) is 13.6. The lowest BCUT2D eigenvalue weighted by Crippen LogP contribution is -2.10. The number of hydrogen-bond donors (Lipinski definition) is 1. The molecule has 0 aromatic heterocycles.